The largest absolute Gasteiger partial charge is 0.356 e. The molecule has 0 unspecified atom stereocenters. The van der Waals surface area contributed by atoms with E-state index in [4.69, 9.17) is 4.98 Å². The molecule has 1 N–H and O–H groups in total. The van der Waals surface area contributed by atoms with Gasteiger partial charge in [-0.05, 0) is 43.0 Å². The van der Waals surface area contributed by atoms with Crippen LogP contribution in [0.25, 0.3) is 11.0 Å². The van der Waals surface area contributed by atoms with Crippen molar-refractivity contribution in [3.63, 3.8) is 0 Å². The van der Waals surface area contributed by atoms with Crippen molar-refractivity contribution in [2.75, 3.05) is 6.54 Å². The summed E-state index contributed by atoms with van der Waals surface area (Å²) in [6, 6.07) is 16.4. The molecule has 0 atom stereocenters. The summed E-state index contributed by atoms with van der Waals surface area (Å²) in [7, 11) is 0. The van der Waals surface area contributed by atoms with Crippen LogP contribution in [0.3, 0.4) is 0 Å². The van der Waals surface area contributed by atoms with Gasteiger partial charge >= 0.3 is 0 Å². The molecule has 2 aromatic carbocycles. The predicted molar refractivity (Wildman–Crippen MR) is 115 cm³/mol. The van der Waals surface area contributed by atoms with E-state index in [0.717, 1.165) is 36.3 Å². The average Bonchev–Trinajstić information content (AvgIpc) is 3.05. The molecule has 3 rings (SSSR count). The van der Waals surface area contributed by atoms with Crippen LogP contribution in [0.2, 0.25) is 0 Å². The van der Waals surface area contributed by atoms with Crippen LogP contribution in [0.1, 0.15) is 49.6 Å². The number of imidazole rings is 1. The van der Waals surface area contributed by atoms with Crippen molar-refractivity contribution in [2.45, 2.75) is 58.9 Å². The Morgan fingerprint density at radius 3 is 2.64 bits per heavy atom. The first-order valence-corrected chi connectivity index (χ1v) is 10.4. The molecule has 0 fully saturated rings. The minimum absolute atomic E-state index is 0.0887. The molecule has 1 amide bonds. The highest BCUT2D eigenvalue weighted by atomic mass is 16.1. The monoisotopic (exact) mass is 377 g/mol. The number of benzene rings is 2. The number of aromatic nitrogens is 2. The van der Waals surface area contributed by atoms with Gasteiger partial charge in [0, 0.05) is 19.5 Å². The van der Waals surface area contributed by atoms with Crippen LogP contribution in [0, 0.1) is 6.92 Å². The van der Waals surface area contributed by atoms with Crippen LogP contribution < -0.4 is 5.32 Å². The second-order valence-electron chi connectivity index (χ2n) is 7.43. The first-order valence-electron chi connectivity index (χ1n) is 10.4. The van der Waals surface area contributed by atoms with Crippen LogP contribution in [0.5, 0.6) is 0 Å². The predicted octanol–water partition coefficient (Wildman–Crippen LogP) is 4.83. The maximum Gasteiger partial charge on any atom is 0.224 e. The molecule has 0 aliphatic rings. The third-order valence-corrected chi connectivity index (χ3v) is 5.23. The summed E-state index contributed by atoms with van der Waals surface area (Å²) in [6.45, 7) is 5.98. The number of fused-ring (bicyclic) bond motifs is 1. The average molecular weight is 378 g/mol. The molecule has 28 heavy (non-hydrogen) atoms. The fourth-order valence-electron chi connectivity index (χ4n) is 3.60. The Hall–Kier alpha value is -2.62. The van der Waals surface area contributed by atoms with E-state index in [1.807, 2.05) is 37.3 Å². The molecule has 0 bridgehead atoms. The molecule has 0 aliphatic heterocycles. The molecule has 1 heterocycles. The number of rotatable bonds is 10. The number of hydrogen-bond acceptors (Lipinski definition) is 2. The van der Waals surface area contributed by atoms with Crippen LogP contribution in [0.15, 0.2) is 48.5 Å². The van der Waals surface area contributed by atoms with Crippen LogP contribution in [0.4, 0.5) is 0 Å². The highest BCUT2D eigenvalue weighted by Crippen LogP contribution is 2.18. The summed E-state index contributed by atoms with van der Waals surface area (Å²) >= 11 is 0. The maximum atomic E-state index is 12.2. The molecule has 4 heteroatoms. The van der Waals surface area contributed by atoms with Gasteiger partial charge < -0.3 is 9.88 Å². The highest BCUT2D eigenvalue weighted by molar-refractivity contribution is 5.79. The minimum Gasteiger partial charge on any atom is -0.356 e. The molecule has 4 nitrogen and oxygen atoms in total. The number of carbonyl (C=O) groups excluding carboxylic acids is 1. The quantitative estimate of drug-likeness (QED) is 0.515. The second kappa shape index (κ2) is 10.1. The fraction of sp³-hybridized carbons (Fsp3) is 0.417. The zero-order chi connectivity index (χ0) is 19.8. The van der Waals surface area contributed by atoms with Gasteiger partial charge in [-0.3, -0.25) is 4.79 Å². The molecule has 3 aromatic rings. The van der Waals surface area contributed by atoms with E-state index in [2.05, 4.69) is 35.0 Å². The fourth-order valence-corrected chi connectivity index (χ4v) is 3.60. The van der Waals surface area contributed by atoms with Gasteiger partial charge in [-0.2, -0.15) is 0 Å². The lowest BCUT2D eigenvalue weighted by atomic mass is 10.1. The Morgan fingerprint density at radius 2 is 1.82 bits per heavy atom. The smallest absolute Gasteiger partial charge is 0.224 e. The number of para-hydroxylation sites is 2. The van der Waals surface area contributed by atoms with E-state index in [0.29, 0.717) is 13.0 Å². The molecule has 0 saturated carbocycles. The zero-order valence-corrected chi connectivity index (χ0v) is 17.1. The van der Waals surface area contributed by atoms with Gasteiger partial charge in [-0.1, -0.05) is 56.2 Å². The van der Waals surface area contributed by atoms with Crippen molar-refractivity contribution in [1.82, 2.24) is 14.9 Å². The first-order chi connectivity index (χ1) is 13.7. The van der Waals surface area contributed by atoms with Gasteiger partial charge in [0.05, 0.1) is 17.5 Å². The lowest BCUT2D eigenvalue weighted by molar-refractivity contribution is -0.120. The Morgan fingerprint density at radius 1 is 1.04 bits per heavy atom. The van der Waals surface area contributed by atoms with E-state index in [-0.39, 0.29) is 5.91 Å². The molecular formula is C24H31N3O. The molecule has 148 valence electrons. The number of nitrogens with zero attached hydrogens (tertiary/aromatic N) is 2. The lowest BCUT2D eigenvalue weighted by Gasteiger charge is -2.10. The third-order valence-electron chi connectivity index (χ3n) is 5.23. The number of unbranched alkanes of at least 4 members (excludes halogenated alkanes) is 2. The molecule has 0 radical (unpaired) electrons. The van der Waals surface area contributed by atoms with E-state index >= 15 is 0 Å². The summed E-state index contributed by atoms with van der Waals surface area (Å²) in [5.74, 6) is 1.22. The molecule has 0 spiro atoms. The van der Waals surface area contributed by atoms with Crippen LogP contribution >= 0.6 is 0 Å². The van der Waals surface area contributed by atoms with Gasteiger partial charge in [0.15, 0.2) is 0 Å². The normalized spacial score (nSPS) is 11.1. The molecular weight excluding hydrogens is 346 g/mol. The van der Waals surface area contributed by atoms with E-state index in [9.17, 15) is 4.79 Å². The second-order valence-corrected chi connectivity index (χ2v) is 7.43. The van der Waals surface area contributed by atoms with Gasteiger partial charge in [0.2, 0.25) is 5.91 Å². The van der Waals surface area contributed by atoms with Crippen molar-refractivity contribution < 1.29 is 4.79 Å². The minimum atomic E-state index is 0.0887. The Labute approximate surface area is 168 Å². The van der Waals surface area contributed by atoms with Crippen molar-refractivity contribution in [3.05, 3.63) is 65.5 Å². The summed E-state index contributed by atoms with van der Waals surface area (Å²) < 4.78 is 2.36. The van der Waals surface area contributed by atoms with E-state index in [1.54, 1.807) is 0 Å². The van der Waals surface area contributed by atoms with Gasteiger partial charge in [-0.25, -0.2) is 4.98 Å². The Bertz CT molecular complexity index is 913. The topological polar surface area (TPSA) is 46.9 Å². The standard InChI is InChI=1S/C24H31N3O/c1-3-4-9-17-27-22-14-8-7-13-21(22)26-23(27)15-10-16-25-24(28)18-20-12-6-5-11-19(20)2/h5-8,11-14H,3-4,9-10,15-18H2,1-2H3,(H,25,28). The third kappa shape index (κ3) is 5.22. The van der Waals surface area contributed by atoms with E-state index in [1.165, 1.54) is 30.3 Å². The maximum absolute atomic E-state index is 12.2. The number of aryl methyl sites for hydroxylation is 3. The van der Waals surface area contributed by atoms with Crippen LogP contribution in [-0.4, -0.2) is 22.0 Å². The van der Waals surface area contributed by atoms with Crippen LogP contribution in [-0.2, 0) is 24.2 Å². The lowest BCUT2D eigenvalue weighted by Crippen LogP contribution is -2.26. The molecule has 0 saturated heterocycles. The van der Waals surface area contributed by atoms with E-state index < -0.39 is 0 Å². The SMILES string of the molecule is CCCCCn1c(CCCNC(=O)Cc2ccccc2C)nc2ccccc21. The zero-order valence-electron chi connectivity index (χ0n) is 17.1. The summed E-state index contributed by atoms with van der Waals surface area (Å²) in [4.78, 5) is 17.1. The van der Waals surface area contributed by atoms with Crippen molar-refractivity contribution >= 4 is 16.9 Å². The van der Waals surface area contributed by atoms with Gasteiger partial charge in [0.25, 0.3) is 0 Å². The number of hydrogen-bond donors (Lipinski definition) is 1. The molecule has 0 aliphatic carbocycles. The summed E-state index contributed by atoms with van der Waals surface area (Å²) in [5.41, 5.74) is 4.55. The van der Waals surface area contributed by atoms with Crippen molar-refractivity contribution in [3.8, 4) is 0 Å². The number of carbonyl (C=O) groups is 1. The Balaban J connectivity index is 1.54. The molecule has 1 aromatic heterocycles. The van der Waals surface area contributed by atoms with Crippen molar-refractivity contribution in [2.24, 2.45) is 0 Å². The highest BCUT2D eigenvalue weighted by Gasteiger charge is 2.10. The number of amides is 1. The van der Waals surface area contributed by atoms with Gasteiger partial charge in [0.1, 0.15) is 5.82 Å². The van der Waals surface area contributed by atoms with Gasteiger partial charge in [-0.15, -0.1) is 0 Å². The Kier molecular flexibility index (Phi) is 7.24. The van der Waals surface area contributed by atoms with Crippen molar-refractivity contribution in [1.29, 1.82) is 0 Å². The number of nitrogens with one attached hydrogen (secondary N) is 1. The summed E-state index contributed by atoms with van der Waals surface area (Å²) in [5, 5.41) is 3.06. The summed E-state index contributed by atoms with van der Waals surface area (Å²) in [6.07, 6.45) is 5.86. The first kappa shape index (κ1) is 20.1.